The molecule has 1 aliphatic heterocycles. The van der Waals surface area contributed by atoms with Crippen molar-refractivity contribution in [3.8, 4) is 0 Å². The van der Waals surface area contributed by atoms with Gasteiger partial charge < -0.3 is 10.6 Å². The van der Waals surface area contributed by atoms with E-state index < -0.39 is 0 Å². The molecule has 1 aliphatic rings. The first-order valence-corrected chi connectivity index (χ1v) is 9.87. The van der Waals surface area contributed by atoms with Crippen LogP contribution in [0.3, 0.4) is 0 Å². The van der Waals surface area contributed by atoms with Gasteiger partial charge in [0.1, 0.15) is 5.15 Å². The fourth-order valence-corrected chi connectivity index (χ4v) is 3.62. The summed E-state index contributed by atoms with van der Waals surface area (Å²) < 4.78 is 0. The zero-order valence-corrected chi connectivity index (χ0v) is 16.8. The fourth-order valence-electron chi connectivity index (χ4n) is 3.51. The monoisotopic (exact) mass is 385 g/mol. The van der Waals surface area contributed by atoms with Crippen LogP contribution in [0.15, 0.2) is 53.7 Å². The SMILES string of the molecule is CN=C(NCCc1ccc(Cl)nc1)NC1CC(C)N(Cc2ccccc2)C1. The van der Waals surface area contributed by atoms with Crippen molar-refractivity contribution >= 4 is 17.6 Å². The Morgan fingerprint density at radius 2 is 2.04 bits per heavy atom. The van der Waals surface area contributed by atoms with Gasteiger partial charge in [-0.1, -0.05) is 48.0 Å². The zero-order valence-electron chi connectivity index (χ0n) is 16.0. The lowest BCUT2D eigenvalue weighted by Crippen LogP contribution is -2.45. The number of guanidine groups is 1. The van der Waals surface area contributed by atoms with Crippen molar-refractivity contribution in [1.29, 1.82) is 0 Å². The molecule has 1 aromatic heterocycles. The molecule has 6 heteroatoms. The third kappa shape index (κ3) is 5.94. The molecule has 27 heavy (non-hydrogen) atoms. The summed E-state index contributed by atoms with van der Waals surface area (Å²) in [6, 6.07) is 15.5. The van der Waals surface area contributed by atoms with Crippen LogP contribution in [0.2, 0.25) is 5.15 Å². The van der Waals surface area contributed by atoms with E-state index in [1.165, 1.54) is 5.56 Å². The number of nitrogens with one attached hydrogen (secondary N) is 2. The lowest BCUT2D eigenvalue weighted by atomic mass is 10.2. The van der Waals surface area contributed by atoms with Gasteiger partial charge in [0.15, 0.2) is 5.96 Å². The Hall–Kier alpha value is -2.11. The van der Waals surface area contributed by atoms with Crippen LogP contribution in [0.25, 0.3) is 0 Å². The van der Waals surface area contributed by atoms with Crippen molar-refractivity contribution in [1.82, 2.24) is 20.5 Å². The Balaban J connectivity index is 1.45. The first-order valence-electron chi connectivity index (χ1n) is 9.49. The Kier molecular flexibility index (Phi) is 7.07. The maximum absolute atomic E-state index is 5.83. The van der Waals surface area contributed by atoms with E-state index in [-0.39, 0.29) is 0 Å². The van der Waals surface area contributed by atoms with Crippen LogP contribution in [0.4, 0.5) is 0 Å². The lowest BCUT2D eigenvalue weighted by molar-refractivity contribution is 0.258. The molecule has 0 radical (unpaired) electrons. The van der Waals surface area contributed by atoms with Gasteiger partial charge in [0.05, 0.1) is 0 Å². The second-order valence-corrected chi connectivity index (χ2v) is 7.47. The number of aliphatic imine (C=N–C) groups is 1. The molecule has 1 fully saturated rings. The van der Waals surface area contributed by atoms with E-state index in [9.17, 15) is 0 Å². The number of pyridine rings is 1. The molecule has 2 atom stereocenters. The number of likely N-dealkylation sites (tertiary alicyclic amines) is 1. The minimum absolute atomic E-state index is 0.409. The van der Waals surface area contributed by atoms with Crippen molar-refractivity contribution < 1.29 is 0 Å². The van der Waals surface area contributed by atoms with Gasteiger partial charge in [-0.15, -0.1) is 0 Å². The Bertz CT molecular complexity index is 732. The topological polar surface area (TPSA) is 52.6 Å². The average molecular weight is 386 g/mol. The van der Waals surface area contributed by atoms with Gasteiger partial charge in [0, 0.05) is 45.0 Å². The van der Waals surface area contributed by atoms with E-state index in [0.717, 1.165) is 44.0 Å². The number of aromatic nitrogens is 1. The molecule has 0 spiro atoms. The zero-order chi connectivity index (χ0) is 19.1. The Labute approximate surface area is 166 Å². The smallest absolute Gasteiger partial charge is 0.191 e. The van der Waals surface area contributed by atoms with E-state index in [1.54, 1.807) is 0 Å². The van der Waals surface area contributed by atoms with E-state index >= 15 is 0 Å². The summed E-state index contributed by atoms with van der Waals surface area (Å²) in [5.41, 5.74) is 2.52. The fraction of sp³-hybridized carbons (Fsp3) is 0.429. The molecule has 0 aliphatic carbocycles. The molecular weight excluding hydrogens is 358 g/mol. The maximum Gasteiger partial charge on any atom is 0.191 e. The van der Waals surface area contributed by atoms with Gasteiger partial charge in [-0.3, -0.25) is 9.89 Å². The molecule has 0 saturated carbocycles. The number of hydrogen-bond donors (Lipinski definition) is 2. The normalized spacial score (nSPS) is 20.6. The molecule has 1 aromatic carbocycles. The summed E-state index contributed by atoms with van der Waals surface area (Å²) in [4.78, 5) is 11.0. The lowest BCUT2D eigenvalue weighted by Gasteiger charge is -2.21. The summed E-state index contributed by atoms with van der Waals surface area (Å²) in [7, 11) is 1.82. The van der Waals surface area contributed by atoms with Crippen LogP contribution in [0.5, 0.6) is 0 Å². The molecule has 3 rings (SSSR count). The summed E-state index contributed by atoms with van der Waals surface area (Å²) in [5, 5.41) is 7.49. The molecule has 5 nitrogen and oxygen atoms in total. The molecule has 0 bridgehead atoms. The molecule has 2 unspecified atom stereocenters. The standard InChI is InChI=1S/C21H28ClN5/c1-16-12-19(15-27(16)14-18-6-4-3-5-7-18)26-21(23-2)24-11-10-17-8-9-20(22)25-13-17/h3-9,13,16,19H,10-12,14-15H2,1-2H3,(H2,23,24,26). The van der Waals surface area contributed by atoms with Crippen LogP contribution in [-0.4, -0.2) is 48.1 Å². The number of hydrogen-bond acceptors (Lipinski definition) is 3. The highest BCUT2D eigenvalue weighted by Gasteiger charge is 2.29. The second kappa shape index (κ2) is 9.72. The predicted molar refractivity (Wildman–Crippen MR) is 112 cm³/mol. The van der Waals surface area contributed by atoms with Gasteiger partial charge in [0.2, 0.25) is 0 Å². The van der Waals surface area contributed by atoms with Crippen molar-refractivity contribution in [3.05, 3.63) is 64.9 Å². The summed E-state index contributed by atoms with van der Waals surface area (Å²) in [6.07, 6.45) is 3.82. The van der Waals surface area contributed by atoms with Crippen LogP contribution >= 0.6 is 11.6 Å². The first kappa shape index (κ1) is 19.6. The summed E-state index contributed by atoms with van der Waals surface area (Å²) in [6.45, 7) is 5.13. The van der Waals surface area contributed by atoms with E-state index in [2.05, 4.69) is 62.8 Å². The first-order chi connectivity index (χ1) is 13.1. The van der Waals surface area contributed by atoms with Crippen LogP contribution < -0.4 is 10.6 Å². The second-order valence-electron chi connectivity index (χ2n) is 7.08. The van der Waals surface area contributed by atoms with Crippen molar-refractivity contribution in [3.63, 3.8) is 0 Å². The van der Waals surface area contributed by atoms with Crippen molar-refractivity contribution in [2.75, 3.05) is 20.1 Å². The largest absolute Gasteiger partial charge is 0.356 e. The number of rotatable bonds is 6. The third-order valence-corrected chi connectivity index (χ3v) is 5.22. The molecular formula is C21H28ClN5. The van der Waals surface area contributed by atoms with Gasteiger partial charge >= 0.3 is 0 Å². The minimum atomic E-state index is 0.409. The molecule has 2 N–H and O–H groups in total. The highest BCUT2D eigenvalue weighted by atomic mass is 35.5. The number of nitrogens with zero attached hydrogens (tertiary/aromatic N) is 3. The molecule has 144 valence electrons. The van der Waals surface area contributed by atoms with Crippen LogP contribution in [0.1, 0.15) is 24.5 Å². The van der Waals surface area contributed by atoms with Gasteiger partial charge in [-0.05, 0) is 37.0 Å². The highest BCUT2D eigenvalue weighted by molar-refractivity contribution is 6.29. The van der Waals surface area contributed by atoms with E-state index in [0.29, 0.717) is 17.2 Å². The molecule has 0 amide bonds. The van der Waals surface area contributed by atoms with Crippen LogP contribution in [-0.2, 0) is 13.0 Å². The van der Waals surface area contributed by atoms with Gasteiger partial charge in [-0.25, -0.2) is 4.98 Å². The van der Waals surface area contributed by atoms with Crippen LogP contribution in [0, 0.1) is 0 Å². The Morgan fingerprint density at radius 1 is 1.22 bits per heavy atom. The van der Waals surface area contributed by atoms with Gasteiger partial charge in [0.25, 0.3) is 0 Å². The molecule has 1 saturated heterocycles. The quantitative estimate of drug-likeness (QED) is 0.455. The predicted octanol–water partition coefficient (Wildman–Crippen LogP) is 3.11. The number of benzene rings is 1. The summed E-state index contributed by atoms with van der Waals surface area (Å²) >= 11 is 5.83. The summed E-state index contributed by atoms with van der Waals surface area (Å²) in [5.74, 6) is 0.857. The minimum Gasteiger partial charge on any atom is -0.356 e. The Morgan fingerprint density at radius 3 is 2.74 bits per heavy atom. The molecule has 2 aromatic rings. The average Bonchev–Trinajstić information content (AvgIpc) is 3.02. The van der Waals surface area contributed by atoms with Crippen molar-refractivity contribution in [2.45, 2.75) is 38.4 Å². The third-order valence-electron chi connectivity index (χ3n) is 4.99. The van der Waals surface area contributed by atoms with E-state index in [1.807, 2.05) is 25.4 Å². The highest BCUT2D eigenvalue weighted by Crippen LogP contribution is 2.20. The maximum atomic E-state index is 5.83. The van der Waals surface area contributed by atoms with Crippen molar-refractivity contribution in [2.24, 2.45) is 4.99 Å². The molecule has 2 heterocycles. The number of halogens is 1. The van der Waals surface area contributed by atoms with E-state index in [4.69, 9.17) is 11.6 Å². The van der Waals surface area contributed by atoms with Gasteiger partial charge in [-0.2, -0.15) is 0 Å².